The van der Waals surface area contributed by atoms with Gasteiger partial charge in [0, 0.05) is 0 Å². The molecular weight excluding hydrogens is 266 g/mol. The van der Waals surface area contributed by atoms with Gasteiger partial charge in [-0.15, -0.1) is 0 Å². The molecule has 0 fully saturated rings. The number of nitrogens with one attached hydrogen (secondary N) is 1. The van der Waals surface area contributed by atoms with Gasteiger partial charge >= 0.3 is 0 Å². The molecule has 4 heteroatoms. The Kier molecular flexibility index (Phi) is 3.60. The molecule has 2 aromatic rings. The number of carbonyl (C=O) groups excluding carboxylic acids is 1. The van der Waals surface area contributed by atoms with E-state index in [2.05, 4.69) is 5.32 Å². The van der Waals surface area contributed by atoms with Gasteiger partial charge < -0.3 is 14.8 Å². The number of hydrogen-bond acceptors (Lipinski definition) is 3. The molecule has 2 aromatic carbocycles. The third-order valence-corrected chi connectivity index (χ3v) is 3.27. The number of hydrogen-bond donors (Lipinski definition) is 1. The number of anilines is 1. The predicted molar refractivity (Wildman–Crippen MR) is 81.5 cm³/mol. The lowest BCUT2D eigenvalue weighted by Gasteiger charge is -2.04. The highest BCUT2D eigenvalue weighted by molar-refractivity contribution is 6.08. The first kappa shape index (κ1) is 13.2. The zero-order valence-corrected chi connectivity index (χ0v) is 11.6. The molecule has 1 aliphatic heterocycles. The molecule has 0 bridgehead atoms. The van der Waals surface area contributed by atoms with Gasteiger partial charge in [0.1, 0.15) is 18.1 Å². The molecular formula is C17H15NO3. The number of benzene rings is 2. The second-order valence-electron chi connectivity index (χ2n) is 4.68. The number of rotatable bonds is 2. The topological polar surface area (TPSA) is 47.6 Å². The van der Waals surface area contributed by atoms with Gasteiger partial charge in [0.2, 0.25) is 0 Å². The summed E-state index contributed by atoms with van der Waals surface area (Å²) in [4.78, 5) is 12.2. The smallest absolute Gasteiger partial charge is 0.255 e. The van der Waals surface area contributed by atoms with E-state index in [4.69, 9.17) is 9.47 Å². The van der Waals surface area contributed by atoms with Crippen molar-refractivity contribution in [3.8, 4) is 11.5 Å². The van der Waals surface area contributed by atoms with Crippen LogP contribution < -0.4 is 14.8 Å². The van der Waals surface area contributed by atoms with Gasteiger partial charge in [0.25, 0.3) is 5.91 Å². The predicted octanol–water partition coefficient (Wildman–Crippen LogP) is 3.11. The lowest BCUT2D eigenvalue weighted by atomic mass is 10.1. The van der Waals surface area contributed by atoms with Crippen molar-refractivity contribution in [2.45, 2.75) is 0 Å². The second kappa shape index (κ2) is 5.71. The molecule has 0 saturated heterocycles. The van der Waals surface area contributed by atoms with Crippen LogP contribution >= 0.6 is 0 Å². The maximum atomic E-state index is 12.2. The minimum Gasteiger partial charge on any atom is -0.497 e. The Bertz CT molecular complexity index is 689. The Labute approximate surface area is 123 Å². The second-order valence-corrected chi connectivity index (χ2v) is 4.68. The Balaban J connectivity index is 1.86. The van der Waals surface area contributed by atoms with Crippen LogP contribution in [0.25, 0.3) is 6.08 Å². The summed E-state index contributed by atoms with van der Waals surface area (Å²) in [6, 6.07) is 14.9. The van der Waals surface area contributed by atoms with E-state index in [1.54, 1.807) is 7.11 Å². The monoisotopic (exact) mass is 281 g/mol. The Hall–Kier alpha value is -2.75. The molecule has 1 aliphatic rings. The summed E-state index contributed by atoms with van der Waals surface area (Å²) in [6.45, 7) is 0.245. The third-order valence-electron chi connectivity index (χ3n) is 3.27. The molecule has 0 atom stereocenters. The standard InChI is InChI=1S/C17H15NO3/c1-20-14-8-6-12(7-9-14)10-13-11-21-16-5-3-2-4-15(16)18-17(13)19/h2-10H,11H2,1H3,(H,18,19)/b13-10+. The fourth-order valence-corrected chi connectivity index (χ4v) is 2.13. The van der Waals surface area contributed by atoms with E-state index in [0.29, 0.717) is 17.0 Å². The quantitative estimate of drug-likeness (QED) is 0.860. The maximum Gasteiger partial charge on any atom is 0.255 e. The van der Waals surface area contributed by atoms with Crippen LogP contribution in [0, 0.1) is 0 Å². The first-order valence-electron chi connectivity index (χ1n) is 6.64. The summed E-state index contributed by atoms with van der Waals surface area (Å²) in [5, 5.41) is 2.86. The van der Waals surface area contributed by atoms with E-state index in [1.165, 1.54) is 0 Å². The molecule has 0 radical (unpaired) electrons. The van der Waals surface area contributed by atoms with E-state index in [1.807, 2.05) is 54.6 Å². The molecule has 0 aromatic heterocycles. The van der Waals surface area contributed by atoms with Crippen LogP contribution in [0.3, 0.4) is 0 Å². The van der Waals surface area contributed by atoms with E-state index in [9.17, 15) is 4.79 Å². The summed E-state index contributed by atoms with van der Waals surface area (Å²) in [5.74, 6) is 1.32. The van der Waals surface area contributed by atoms with Crippen molar-refractivity contribution in [3.63, 3.8) is 0 Å². The number of carbonyl (C=O) groups is 1. The summed E-state index contributed by atoms with van der Waals surface area (Å²) in [6.07, 6.45) is 1.82. The van der Waals surface area contributed by atoms with Crippen LogP contribution in [0.4, 0.5) is 5.69 Å². The van der Waals surface area contributed by atoms with E-state index >= 15 is 0 Å². The van der Waals surface area contributed by atoms with Crippen molar-refractivity contribution >= 4 is 17.7 Å². The van der Waals surface area contributed by atoms with Crippen LogP contribution in [0.15, 0.2) is 54.1 Å². The van der Waals surface area contributed by atoms with Crippen molar-refractivity contribution in [1.29, 1.82) is 0 Å². The van der Waals surface area contributed by atoms with Crippen LogP contribution in [-0.2, 0) is 4.79 Å². The first-order valence-corrected chi connectivity index (χ1v) is 6.64. The lowest BCUT2D eigenvalue weighted by molar-refractivity contribution is -0.112. The van der Waals surface area contributed by atoms with Gasteiger partial charge in [-0.3, -0.25) is 4.79 Å². The number of amides is 1. The molecule has 0 aliphatic carbocycles. The third kappa shape index (κ3) is 2.89. The zero-order valence-electron chi connectivity index (χ0n) is 11.6. The molecule has 0 unspecified atom stereocenters. The van der Waals surface area contributed by atoms with Crippen molar-refractivity contribution in [1.82, 2.24) is 0 Å². The number of methoxy groups -OCH3 is 1. The van der Waals surface area contributed by atoms with E-state index in [-0.39, 0.29) is 12.5 Å². The van der Waals surface area contributed by atoms with Crippen LogP contribution in [0.5, 0.6) is 11.5 Å². The van der Waals surface area contributed by atoms with Gasteiger partial charge in [-0.2, -0.15) is 0 Å². The van der Waals surface area contributed by atoms with Crippen molar-refractivity contribution in [2.24, 2.45) is 0 Å². The van der Waals surface area contributed by atoms with Crippen molar-refractivity contribution in [2.75, 3.05) is 19.0 Å². The molecule has 4 nitrogen and oxygen atoms in total. The molecule has 3 rings (SSSR count). The number of ether oxygens (including phenoxy) is 2. The van der Waals surface area contributed by atoms with Crippen LogP contribution in [0.1, 0.15) is 5.56 Å². The SMILES string of the molecule is COc1ccc(/C=C2\COc3ccccc3NC2=O)cc1. The van der Waals surface area contributed by atoms with Crippen LogP contribution in [-0.4, -0.2) is 19.6 Å². The first-order chi connectivity index (χ1) is 10.3. The summed E-state index contributed by atoms with van der Waals surface area (Å²) < 4.78 is 10.8. The highest BCUT2D eigenvalue weighted by Gasteiger charge is 2.17. The van der Waals surface area contributed by atoms with Crippen molar-refractivity contribution < 1.29 is 14.3 Å². The molecule has 0 saturated carbocycles. The maximum absolute atomic E-state index is 12.2. The minimum absolute atomic E-state index is 0.143. The fourth-order valence-electron chi connectivity index (χ4n) is 2.13. The normalized spacial score (nSPS) is 15.7. The molecule has 1 N–H and O–H groups in total. The van der Waals surface area contributed by atoms with Gasteiger partial charge in [-0.25, -0.2) is 0 Å². The molecule has 21 heavy (non-hydrogen) atoms. The Morgan fingerprint density at radius 1 is 1.14 bits per heavy atom. The Morgan fingerprint density at radius 3 is 2.67 bits per heavy atom. The largest absolute Gasteiger partial charge is 0.497 e. The Morgan fingerprint density at radius 2 is 1.90 bits per heavy atom. The molecule has 0 spiro atoms. The van der Waals surface area contributed by atoms with Crippen LogP contribution in [0.2, 0.25) is 0 Å². The van der Waals surface area contributed by atoms with Crippen molar-refractivity contribution in [3.05, 3.63) is 59.7 Å². The lowest BCUT2D eigenvalue weighted by Crippen LogP contribution is -2.15. The highest BCUT2D eigenvalue weighted by atomic mass is 16.5. The molecule has 1 amide bonds. The molecule has 106 valence electrons. The average molecular weight is 281 g/mol. The van der Waals surface area contributed by atoms with Gasteiger partial charge in [-0.1, -0.05) is 24.3 Å². The van der Waals surface area contributed by atoms with Gasteiger partial charge in [-0.05, 0) is 35.9 Å². The average Bonchev–Trinajstić information content (AvgIpc) is 2.67. The van der Waals surface area contributed by atoms with E-state index in [0.717, 1.165) is 11.3 Å². The minimum atomic E-state index is -0.143. The number of para-hydroxylation sites is 2. The highest BCUT2D eigenvalue weighted by Crippen LogP contribution is 2.27. The summed E-state index contributed by atoms with van der Waals surface area (Å²) in [7, 11) is 1.62. The number of fused-ring (bicyclic) bond motifs is 1. The van der Waals surface area contributed by atoms with Gasteiger partial charge in [0.05, 0.1) is 18.4 Å². The fraction of sp³-hybridized carbons (Fsp3) is 0.118. The summed E-state index contributed by atoms with van der Waals surface area (Å²) >= 11 is 0. The van der Waals surface area contributed by atoms with E-state index < -0.39 is 0 Å². The summed E-state index contributed by atoms with van der Waals surface area (Å²) in [5.41, 5.74) is 2.20. The van der Waals surface area contributed by atoms with Gasteiger partial charge in [0.15, 0.2) is 0 Å². The molecule has 1 heterocycles. The zero-order chi connectivity index (χ0) is 14.7.